The third-order valence-corrected chi connectivity index (χ3v) is 8.39. The molecule has 2 saturated heterocycles. The van der Waals surface area contributed by atoms with Gasteiger partial charge in [-0.2, -0.15) is 13.2 Å². The molecule has 4 rings (SSSR count). The number of carbonyl (C=O) groups excluding carboxylic acids is 2. The van der Waals surface area contributed by atoms with Crippen molar-refractivity contribution in [2.24, 2.45) is 0 Å². The van der Waals surface area contributed by atoms with Crippen LogP contribution in [0.3, 0.4) is 0 Å². The maximum Gasteiger partial charge on any atom is 0.416 e. The highest BCUT2D eigenvalue weighted by Crippen LogP contribution is 2.33. The van der Waals surface area contributed by atoms with Crippen molar-refractivity contribution in [2.45, 2.75) is 44.2 Å². The number of anilines is 1. The molecule has 9 nitrogen and oxygen atoms in total. The molecule has 4 N–H and O–H groups in total. The van der Waals surface area contributed by atoms with E-state index in [0.29, 0.717) is 72.7 Å². The molecule has 0 bridgehead atoms. The van der Waals surface area contributed by atoms with Crippen LogP contribution in [0.25, 0.3) is 0 Å². The number of hydrogen-bond donors (Lipinski definition) is 4. The summed E-state index contributed by atoms with van der Waals surface area (Å²) >= 11 is 12.5. The summed E-state index contributed by atoms with van der Waals surface area (Å²) in [7, 11) is 1.57. The van der Waals surface area contributed by atoms with Gasteiger partial charge in [-0.15, -0.1) is 0 Å². The Morgan fingerprint density at radius 1 is 1.07 bits per heavy atom. The molecule has 3 atom stereocenters. The lowest BCUT2D eigenvalue weighted by molar-refractivity contribution is -0.137. The number of amides is 2. The van der Waals surface area contributed by atoms with E-state index in [1.807, 2.05) is 11.8 Å². The zero-order chi connectivity index (χ0) is 31.9. The van der Waals surface area contributed by atoms with E-state index in [1.54, 1.807) is 30.2 Å². The van der Waals surface area contributed by atoms with Gasteiger partial charge in [0, 0.05) is 87.7 Å². The van der Waals surface area contributed by atoms with Crippen LogP contribution in [0.15, 0.2) is 36.4 Å². The zero-order valence-electron chi connectivity index (χ0n) is 24.8. The third kappa shape index (κ3) is 9.21. The van der Waals surface area contributed by atoms with Crippen LogP contribution in [0.5, 0.6) is 0 Å². The molecule has 2 heterocycles. The Bertz CT molecular complexity index is 1290. The van der Waals surface area contributed by atoms with Gasteiger partial charge in [0.15, 0.2) is 0 Å². The first-order valence-corrected chi connectivity index (χ1v) is 15.4. The highest BCUT2D eigenvalue weighted by molar-refractivity contribution is 6.35. The van der Waals surface area contributed by atoms with E-state index in [1.165, 1.54) is 12.1 Å². The first-order valence-electron chi connectivity index (χ1n) is 14.6. The van der Waals surface area contributed by atoms with Gasteiger partial charge in [-0.05, 0) is 48.4 Å². The summed E-state index contributed by atoms with van der Waals surface area (Å²) in [6.07, 6.45) is -4.29. The lowest BCUT2D eigenvalue weighted by Gasteiger charge is -2.39. The molecule has 2 fully saturated rings. The minimum absolute atomic E-state index is 0.0576. The van der Waals surface area contributed by atoms with Crippen LogP contribution in [-0.2, 0) is 33.5 Å². The van der Waals surface area contributed by atoms with Crippen LogP contribution in [0.2, 0.25) is 10.0 Å². The van der Waals surface area contributed by atoms with Gasteiger partial charge in [0.2, 0.25) is 11.8 Å². The first-order chi connectivity index (χ1) is 21.0. The van der Waals surface area contributed by atoms with Crippen molar-refractivity contribution in [2.75, 3.05) is 64.4 Å². The van der Waals surface area contributed by atoms with Gasteiger partial charge < -0.3 is 35.8 Å². The average molecular weight is 660 g/mol. The highest BCUT2D eigenvalue weighted by atomic mass is 35.5. The minimum Gasteiger partial charge on any atom is -0.383 e. The standard InChI is InChI=1S/C30H39Cl2F3N6O3/c1-19(18-44-2)38-16-21-13-22(30(33,34)35)4-6-27(21)40-9-11-41(12-10-40)29(43)25(14-20-3-5-23(31)15-24(20)32)39-28(42)26-17-36-7-8-37-26/h3-6,13,15,19,25-26,36-38H,7-12,14,16-18H2,1-2H3,(H,39,42)/t19?,25-,26?/m1/s1. The molecule has 242 valence electrons. The first kappa shape index (κ1) is 34.3. The molecule has 2 amide bonds. The molecule has 0 radical (unpaired) electrons. The number of ether oxygens (including phenoxy) is 1. The number of nitrogens with one attached hydrogen (secondary N) is 4. The van der Waals surface area contributed by atoms with Crippen LogP contribution >= 0.6 is 23.2 Å². The lowest BCUT2D eigenvalue weighted by Crippen LogP contribution is -2.60. The van der Waals surface area contributed by atoms with E-state index in [9.17, 15) is 22.8 Å². The van der Waals surface area contributed by atoms with E-state index in [2.05, 4.69) is 21.3 Å². The maximum absolute atomic E-state index is 13.8. The predicted molar refractivity (Wildman–Crippen MR) is 165 cm³/mol. The van der Waals surface area contributed by atoms with Gasteiger partial charge >= 0.3 is 6.18 Å². The fourth-order valence-corrected chi connectivity index (χ4v) is 5.90. The van der Waals surface area contributed by atoms with Crippen molar-refractivity contribution in [1.29, 1.82) is 0 Å². The van der Waals surface area contributed by atoms with Gasteiger partial charge in [-0.3, -0.25) is 9.59 Å². The SMILES string of the molecule is COCC(C)NCc1cc(C(F)(F)F)ccc1N1CCN(C(=O)[C@@H](Cc2ccc(Cl)cc2Cl)NC(=O)C2CNCCN2)CC1. The average Bonchev–Trinajstić information content (AvgIpc) is 3.00. The topological polar surface area (TPSA) is 98.0 Å². The number of rotatable bonds is 11. The van der Waals surface area contributed by atoms with Crippen LogP contribution < -0.4 is 26.2 Å². The lowest BCUT2D eigenvalue weighted by atomic mass is 10.0. The molecule has 0 aromatic heterocycles. The van der Waals surface area contributed by atoms with E-state index in [-0.39, 0.29) is 30.8 Å². The second kappa shape index (κ2) is 15.6. The molecule has 0 spiro atoms. The molecule has 44 heavy (non-hydrogen) atoms. The number of piperazine rings is 2. The Labute approximate surface area is 265 Å². The molecule has 0 aliphatic carbocycles. The predicted octanol–water partition coefficient (Wildman–Crippen LogP) is 3.07. The molecule has 2 aromatic carbocycles. The van der Waals surface area contributed by atoms with Gasteiger partial charge in [0.1, 0.15) is 6.04 Å². The van der Waals surface area contributed by atoms with Crippen LogP contribution in [0.1, 0.15) is 23.6 Å². The quantitative estimate of drug-likeness (QED) is 0.295. The van der Waals surface area contributed by atoms with Crippen molar-refractivity contribution in [1.82, 2.24) is 26.2 Å². The summed E-state index contributed by atoms with van der Waals surface area (Å²) < 4.78 is 45.8. The van der Waals surface area contributed by atoms with Crippen molar-refractivity contribution >= 4 is 40.7 Å². The summed E-state index contributed by atoms with van der Waals surface area (Å²) in [6, 6.07) is 7.37. The summed E-state index contributed by atoms with van der Waals surface area (Å²) in [6.45, 7) is 5.85. The molecule has 2 unspecified atom stereocenters. The van der Waals surface area contributed by atoms with Crippen molar-refractivity contribution < 1.29 is 27.5 Å². The molecule has 2 aliphatic rings. The minimum atomic E-state index is -4.47. The molecule has 0 saturated carbocycles. The number of hydrogen-bond acceptors (Lipinski definition) is 7. The van der Waals surface area contributed by atoms with Crippen LogP contribution in [-0.4, -0.2) is 94.4 Å². The Morgan fingerprint density at radius 3 is 2.45 bits per heavy atom. The normalized spacial score (nSPS) is 19.0. The number of halogens is 5. The van der Waals surface area contributed by atoms with Crippen molar-refractivity contribution in [3.05, 3.63) is 63.1 Å². The number of carbonyl (C=O) groups is 2. The Balaban J connectivity index is 1.48. The van der Waals surface area contributed by atoms with E-state index >= 15 is 0 Å². The van der Waals surface area contributed by atoms with Gasteiger partial charge in [0.25, 0.3) is 0 Å². The summed E-state index contributed by atoms with van der Waals surface area (Å²) in [5.41, 5.74) is 1.15. The second-order valence-electron chi connectivity index (χ2n) is 11.1. The Hall–Kier alpha value is -2.61. The number of methoxy groups -OCH3 is 1. The highest BCUT2D eigenvalue weighted by Gasteiger charge is 2.34. The van der Waals surface area contributed by atoms with E-state index in [4.69, 9.17) is 27.9 Å². The van der Waals surface area contributed by atoms with Crippen molar-refractivity contribution in [3.8, 4) is 0 Å². The van der Waals surface area contributed by atoms with Crippen LogP contribution in [0.4, 0.5) is 18.9 Å². The maximum atomic E-state index is 13.8. The molecule has 2 aromatic rings. The Kier molecular flexibility index (Phi) is 12.1. The van der Waals surface area contributed by atoms with E-state index < -0.39 is 23.8 Å². The largest absolute Gasteiger partial charge is 0.416 e. The van der Waals surface area contributed by atoms with Crippen LogP contribution in [0, 0.1) is 0 Å². The fraction of sp³-hybridized carbons (Fsp3) is 0.533. The van der Waals surface area contributed by atoms with Crippen molar-refractivity contribution in [3.63, 3.8) is 0 Å². The third-order valence-electron chi connectivity index (χ3n) is 7.81. The number of benzene rings is 2. The summed E-state index contributed by atoms with van der Waals surface area (Å²) in [5.74, 6) is -0.542. The number of nitrogens with zero attached hydrogens (tertiary/aromatic N) is 2. The monoisotopic (exact) mass is 658 g/mol. The summed E-state index contributed by atoms with van der Waals surface area (Å²) in [4.78, 5) is 30.6. The van der Waals surface area contributed by atoms with Gasteiger partial charge in [0.05, 0.1) is 18.2 Å². The van der Waals surface area contributed by atoms with Gasteiger partial charge in [-0.25, -0.2) is 0 Å². The second-order valence-corrected chi connectivity index (χ2v) is 11.9. The summed E-state index contributed by atoms with van der Waals surface area (Å²) in [5, 5.41) is 13.3. The fourth-order valence-electron chi connectivity index (χ4n) is 5.41. The molecular formula is C30H39Cl2F3N6O3. The Morgan fingerprint density at radius 2 is 1.82 bits per heavy atom. The molecule has 2 aliphatic heterocycles. The molecule has 14 heteroatoms. The van der Waals surface area contributed by atoms with Gasteiger partial charge in [-0.1, -0.05) is 29.3 Å². The van der Waals surface area contributed by atoms with E-state index in [0.717, 1.165) is 12.6 Å². The number of alkyl halides is 3. The zero-order valence-corrected chi connectivity index (χ0v) is 26.3. The smallest absolute Gasteiger partial charge is 0.383 e. The molecular weight excluding hydrogens is 620 g/mol.